The number of carbonyl (C=O) groups excluding carboxylic acids is 2. The molecule has 24 heavy (non-hydrogen) atoms. The van der Waals surface area contributed by atoms with Crippen molar-refractivity contribution in [1.29, 1.82) is 0 Å². The van der Waals surface area contributed by atoms with Gasteiger partial charge in [0.25, 0.3) is 0 Å². The number of fused-ring (bicyclic) bond motifs is 1. The lowest BCUT2D eigenvalue weighted by molar-refractivity contribution is -0.122. The zero-order valence-corrected chi connectivity index (χ0v) is 13.7. The number of carbonyl (C=O) groups is 2. The summed E-state index contributed by atoms with van der Waals surface area (Å²) in [5.41, 5.74) is 1.29. The summed E-state index contributed by atoms with van der Waals surface area (Å²) in [5.74, 6) is 0.566. The minimum Gasteiger partial charge on any atom is -0.507 e. The fraction of sp³-hybridized carbons (Fsp3) is 0.471. The molecule has 3 N–H and O–H groups in total. The Kier molecular flexibility index (Phi) is 4.80. The standard InChI is InChI=1S/C17H22N4O3/c1-21-8-6-11(7-9-21)18-16(24)5-4-15-19-13-2-3-14(23)12(10-22)17(13)20-15/h2-3,10-11,23H,4-9H2,1H3,(H,18,24)(H,19,20). The van der Waals surface area contributed by atoms with Gasteiger partial charge in [-0.15, -0.1) is 0 Å². The molecule has 1 fully saturated rings. The number of H-pyrrole nitrogens is 1. The van der Waals surface area contributed by atoms with Crippen molar-refractivity contribution >= 4 is 23.2 Å². The van der Waals surface area contributed by atoms with E-state index in [2.05, 4.69) is 27.2 Å². The molecule has 1 aromatic carbocycles. The maximum absolute atomic E-state index is 12.1. The molecule has 0 radical (unpaired) electrons. The van der Waals surface area contributed by atoms with E-state index >= 15 is 0 Å². The average Bonchev–Trinajstić information content (AvgIpc) is 2.98. The van der Waals surface area contributed by atoms with Crippen molar-refractivity contribution in [3.8, 4) is 5.75 Å². The molecule has 0 unspecified atom stereocenters. The maximum Gasteiger partial charge on any atom is 0.220 e. The van der Waals surface area contributed by atoms with Crippen LogP contribution in [0.25, 0.3) is 11.0 Å². The molecule has 1 aromatic heterocycles. The lowest BCUT2D eigenvalue weighted by Gasteiger charge is -2.29. The molecule has 0 aliphatic carbocycles. The third-order valence-electron chi connectivity index (χ3n) is 4.51. The lowest BCUT2D eigenvalue weighted by atomic mass is 10.1. The van der Waals surface area contributed by atoms with Gasteiger partial charge in [0.2, 0.25) is 5.91 Å². The zero-order chi connectivity index (χ0) is 17.1. The predicted octanol–water partition coefficient (Wildman–Crippen LogP) is 1.22. The smallest absolute Gasteiger partial charge is 0.220 e. The summed E-state index contributed by atoms with van der Waals surface area (Å²) in [6.07, 6.45) is 3.36. The van der Waals surface area contributed by atoms with Crippen LogP contribution in [0.2, 0.25) is 0 Å². The van der Waals surface area contributed by atoms with Gasteiger partial charge in [0.15, 0.2) is 6.29 Å². The number of aldehydes is 1. The van der Waals surface area contributed by atoms with E-state index in [0.717, 1.165) is 25.9 Å². The largest absolute Gasteiger partial charge is 0.507 e. The number of hydrogen-bond acceptors (Lipinski definition) is 5. The van der Waals surface area contributed by atoms with Crippen LogP contribution in [0.4, 0.5) is 0 Å². The topological polar surface area (TPSA) is 98.3 Å². The molecule has 2 aromatic rings. The Morgan fingerprint density at radius 1 is 1.46 bits per heavy atom. The molecule has 3 rings (SSSR count). The Labute approximate surface area is 140 Å². The van der Waals surface area contributed by atoms with Crippen LogP contribution in [0.1, 0.15) is 35.4 Å². The van der Waals surface area contributed by atoms with Gasteiger partial charge in [-0.05, 0) is 45.1 Å². The number of aromatic nitrogens is 2. The van der Waals surface area contributed by atoms with Crippen LogP contribution in [-0.4, -0.2) is 58.3 Å². The molecule has 7 nitrogen and oxygen atoms in total. The molecule has 1 saturated heterocycles. The minimum absolute atomic E-state index is 0.0171. The fourth-order valence-electron chi connectivity index (χ4n) is 3.06. The number of phenols is 1. The van der Waals surface area contributed by atoms with E-state index in [1.165, 1.54) is 6.07 Å². The van der Waals surface area contributed by atoms with E-state index in [1.807, 2.05) is 0 Å². The fourth-order valence-corrected chi connectivity index (χ4v) is 3.06. The van der Waals surface area contributed by atoms with Gasteiger partial charge in [-0.25, -0.2) is 4.98 Å². The van der Waals surface area contributed by atoms with Crippen molar-refractivity contribution in [3.63, 3.8) is 0 Å². The molecule has 7 heteroatoms. The van der Waals surface area contributed by atoms with Gasteiger partial charge in [-0.1, -0.05) is 0 Å². The molecule has 1 aliphatic rings. The van der Waals surface area contributed by atoms with Gasteiger partial charge < -0.3 is 20.3 Å². The highest BCUT2D eigenvalue weighted by molar-refractivity contribution is 5.97. The van der Waals surface area contributed by atoms with Crippen LogP contribution in [0.5, 0.6) is 5.75 Å². The SMILES string of the molecule is CN1CCC(NC(=O)CCc2nc3c(C=O)c(O)ccc3[nH]2)CC1. The third kappa shape index (κ3) is 3.56. The predicted molar refractivity (Wildman–Crippen MR) is 90.1 cm³/mol. The highest BCUT2D eigenvalue weighted by Gasteiger charge is 2.18. The van der Waals surface area contributed by atoms with Gasteiger partial charge >= 0.3 is 0 Å². The van der Waals surface area contributed by atoms with Gasteiger partial charge in [0.1, 0.15) is 17.1 Å². The highest BCUT2D eigenvalue weighted by atomic mass is 16.3. The summed E-state index contributed by atoms with van der Waals surface area (Å²) >= 11 is 0. The number of nitrogens with zero attached hydrogens (tertiary/aromatic N) is 2. The number of aromatic hydroxyl groups is 1. The number of benzene rings is 1. The van der Waals surface area contributed by atoms with E-state index in [1.54, 1.807) is 6.07 Å². The highest BCUT2D eigenvalue weighted by Crippen LogP contribution is 2.24. The van der Waals surface area contributed by atoms with Gasteiger partial charge in [-0.2, -0.15) is 0 Å². The number of phenolic OH excluding ortho intramolecular Hbond substituents is 1. The molecule has 1 aliphatic heterocycles. The first-order valence-electron chi connectivity index (χ1n) is 8.20. The Balaban J connectivity index is 1.59. The van der Waals surface area contributed by atoms with E-state index < -0.39 is 0 Å². The molecule has 0 atom stereocenters. The Hall–Kier alpha value is -2.41. The summed E-state index contributed by atoms with van der Waals surface area (Å²) in [7, 11) is 2.09. The van der Waals surface area contributed by atoms with Crippen LogP contribution in [0.15, 0.2) is 12.1 Å². The van der Waals surface area contributed by atoms with Crippen LogP contribution >= 0.6 is 0 Å². The number of imidazole rings is 1. The lowest BCUT2D eigenvalue weighted by Crippen LogP contribution is -2.43. The van der Waals surface area contributed by atoms with Crippen LogP contribution in [0.3, 0.4) is 0 Å². The van der Waals surface area contributed by atoms with Gasteiger partial charge in [0.05, 0.1) is 11.1 Å². The summed E-state index contributed by atoms with van der Waals surface area (Å²) in [5, 5.41) is 12.8. The van der Waals surface area contributed by atoms with Crippen molar-refractivity contribution in [2.24, 2.45) is 0 Å². The number of piperidine rings is 1. The molecule has 0 bridgehead atoms. The van der Waals surface area contributed by atoms with E-state index in [0.29, 0.717) is 36.0 Å². The number of nitrogens with one attached hydrogen (secondary N) is 2. The van der Waals surface area contributed by atoms with E-state index in [-0.39, 0.29) is 23.3 Å². The summed E-state index contributed by atoms with van der Waals surface area (Å²) in [4.78, 5) is 32.9. The number of amides is 1. The molecule has 128 valence electrons. The first kappa shape index (κ1) is 16.4. The Bertz CT molecular complexity index is 748. The van der Waals surface area contributed by atoms with Gasteiger partial charge in [0, 0.05) is 18.9 Å². The summed E-state index contributed by atoms with van der Waals surface area (Å²) < 4.78 is 0. The van der Waals surface area contributed by atoms with E-state index in [9.17, 15) is 14.7 Å². The monoisotopic (exact) mass is 330 g/mol. The van der Waals surface area contributed by atoms with Gasteiger partial charge in [-0.3, -0.25) is 9.59 Å². The molecule has 2 heterocycles. The third-order valence-corrected chi connectivity index (χ3v) is 4.51. The zero-order valence-electron chi connectivity index (χ0n) is 13.7. The number of hydrogen-bond donors (Lipinski definition) is 3. The van der Waals surface area contributed by atoms with E-state index in [4.69, 9.17) is 0 Å². The summed E-state index contributed by atoms with van der Waals surface area (Å²) in [6.45, 7) is 2.01. The number of aryl methyl sites for hydroxylation is 1. The molecule has 0 saturated carbocycles. The number of rotatable bonds is 5. The number of aromatic amines is 1. The summed E-state index contributed by atoms with van der Waals surface area (Å²) in [6, 6.07) is 3.39. The second-order valence-electron chi connectivity index (χ2n) is 6.34. The van der Waals surface area contributed by atoms with Crippen molar-refractivity contribution < 1.29 is 14.7 Å². The Morgan fingerprint density at radius 3 is 2.92 bits per heavy atom. The molecular formula is C17H22N4O3. The maximum atomic E-state index is 12.1. The molecule has 0 spiro atoms. The number of likely N-dealkylation sites (tertiary alicyclic amines) is 1. The van der Waals surface area contributed by atoms with Crippen molar-refractivity contribution in [1.82, 2.24) is 20.2 Å². The van der Waals surface area contributed by atoms with Crippen molar-refractivity contribution in [3.05, 3.63) is 23.5 Å². The second kappa shape index (κ2) is 7.00. The van der Waals surface area contributed by atoms with Crippen LogP contribution < -0.4 is 5.32 Å². The quantitative estimate of drug-likeness (QED) is 0.716. The first-order valence-corrected chi connectivity index (χ1v) is 8.20. The average molecular weight is 330 g/mol. The van der Waals surface area contributed by atoms with Crippen molar-refractivity contribution in [2.75, 3.05) is 20.1 Å². The normalized spacial score (nSPS) is 16.4. The Morgan fingerprint density at radius 2 is 2.21 bits per heavy atom. The minimum atomic E-state index is -0.0874. The van der Waals surface area contributed by atoms with Crippen LogP contribution in [0, 0.1) is 0 Å². The van der Waals surface area contributed by atoms with Crippen LogP contribution in [-0.2, 0) is 11.2 Å². The molecule has 1 amide bonds. The second-order valence-corrected chi connectivity index (χ2v) is 6.34. The first-order chi connectivity index (χ1) is 11.6. The van der Waals surface area contributed by atoms with Crippen molar-refractivity contribution in [2.45, 2.75) is 31.7 Å². The molecular weight excluding hydrogens is 308 g/mol.